The fraction of sp³-hybridized carbons (Fsp3) is 0.417. The molecule has 82 valence electrons. The van der Waals surface area contributed by atoms with Crippen molar-refractivity contribution in [3.05, 3.63) is 41.7 Å². The third kappa shape index (κ3) is 4.02. The number of hydrogen-bond donors (Lipinski definition) is 1. The Labute approximate surface area is 96.4 Å². The maximum absolute atomic E-state index is 5.80. The normalized spacial score (nSPS) is 12.4. The minimum atomic E-state index is 0.297. The van der Waals surface area contributed by atoms with Gasteiger partial charge in [-0.15, -0.1) is 6.58 Å². The number of hydrogen-bond acceptors (Lipinski definition) is 2. The van der Waals surface area contributed by atoms with Gasteiger partial charge in [-0.2, -0.15) is 0 Å². The number of nitrogens with zero attached hydrogens (tertiary/aromatic N) is 1. The predicted octanol–water partition coefficient (Wildman–Crippen LogP) is 3.35. The van der Waals surface area contributed by atoms with Gasteiger partial charge in [0.15, 0.2) is 0 Å². The summed E-state index contributed by atoms with van der Waals surface area (Å²) in [6, 6.07) is 4.14. The number of nitrogens with one attached hydrogen (secondary N) is 1. The van der Waals surface area contributed by atoms with Crippen LogP contribution in [-0.4, -0.2) is 11.5 Å². The topological polar surface area (TPSA) is 24.9 Å². The summed E-state index contributed by atoms with van der Waals surface area (Å²) in [5.74, 6) is 0. The Bertz CT molecular complexity index is 295. The zero-order valence-corrected chi connectivity index (χ0v) is 9.80. The Kier molecular flexibility index (Phi) is 5.37. The lowest BCUT2D eigenvalue weighted by Gasteiger charge is -2.16. The first-order valence-corrected chi connectivity index (χ1v) is 5.61. The maximum atomic E-state index is 5.80. The molecular formula is C12H17ClN2. The first kappa shape index (κ1) is 12.2. The minimum absolute atomic E-state index is 0.297. The summed E-state index contributed by atoms with van der Waals surface area (Å²) in [6.45, 7) is 6.76. The Morgan fingerprint density at radius 3 is 2.93 bits per heavy atom. The second-order valence-corrected chi connectivity index (χ2v) is 3.81. The standard InChI is InChI=1S/C12H17ClN2/c1-3-5-6-11(14-4-2)12-8-7-10(13)9-15-12/h3,7-9,11,14H,1,4-6H2,2H3. The molecule has 1 rings (SSSR count). The molecule has 0 fully saturated rings. The molecule has 0 aliphatic carbocycles. The van der Waals surface area contributed by atoms with Gasteiger partial charge in [-0.1, -0.05) is 24.6 Å². The summed E-state index contributed by atoms with van der Waals surface area (Å²) in [5.41, 5.74) is 1.04. The second-order valence-electron chi connectivity index (χ2n) is 3.38. The van der Waals surface area contributed by atoms with Crippen molar-refractivity contribution in [2.24, 2.45) is 0 Å². The zero-order chi connectivity index (χ0) is 11.1. The molecule has 3 heteroatoms. The van der Waals surface area contributed by atoms with Crippen molar-refractivity contribution < 1.29 is 0 Å². The van der Waals surface area contributed by atoms with E-state index in [0.29, 0.717) is 11.1 Å². The lowest BCUT2D eigenvalue weighted by atomic mass is 10.1. The molecule has 0 radical (unpaired) electrons. The van der Waals surface area contributed by atoms with Gasteiger partial charge in [-0.25, -0.2) is 0 Å². The Hall–Kier alpha value is -0.860. The number of rotatable bonds is 6. The lowest BCUT2D eigenvalue weighted by molar-refractivity contribution is 0.508. The van der Waals surface area contributed by atoms with Crippen LogP contribution in [0, 0.1) is 0 Å². The molecule has 2 nitrogen and oxygen atoms in total. The average Bonchev–Trinajstić information content (AvgIpc) is 2.25. The van der Waals surface area contributed by atoms with Crippen LogP contribution in [0.5, 0.6) is 0 Å². The summed E-state index contributed by atoms with van der Waals surface area (Å²) in [4.78, 5) is 4.32. The van der Waals surface area contributed by atoms with Gasteiger partial charge in [0.1, 0.15) is 0 Å². The van der Waals surface area contributed by atoms with Crippen molar-refractivity contribution in [2.75, 3.05) is 6.54 Å². The molecule has 0 aromatic carbocycles. The van der Waals surface area contributed by atoms with Crippen LogP contribution in [0.1, 0.15) is 31.5 Å². The van der Waals surface area contributed by atoms with Crippen molar-refractivity contribution in [1.29, 1.82) is 0 Å². The molecule has 15 heavy (non-hydrogen) atoms. The highest BCUT2D eigenvalue weighted by atomic mass is 35.5. The molecule has 1 N–H and O–H groups in total. The summed E-state index contributed by atoms with van der Waals surface area (Å²) < 4.78 is 0. The second kappa shape index (κ2) is 6.59. The maximum Gasteiger partial charge on any atom is 0.0589 e. The molecule has 1 aromatic rings. The number of allylic oxidation sites excluding steroid dienone is 1. The highest BCUT2D eigenvalue weighted by Crippen LogP contribution is 2.18. The van der Waals surface area contributed by atoms with Crippen LogP contribution in [0.3, 0.4) is 0 Å². The van der Waals surface area contributed by atoms with E-state index in [1.807, 2.05) is 18.2 Å². The molecule has 1 atom stereocenters. The molecule has 0 aliphatic heterocycles. The molecule has 0 spiro atoms. The Morgan fingerprint density at radius 2 is 2.40 bits per heavy atom. The molecule has 0 amide bonds. The quantitative estimate of drug-likeness (QED) is 0.750. The molecule has 1 unspecified atom stereocenters. The van der Waals surface area contributed by atoms with Gasteiger partial charge in [0.2, 0.25) is 0 Å². The molecule has 0 saturated carbocycles. The van der Waals surface area contributed by atoms with E-state index in [-0.39, 0.29) is 0 Å². The van der Waals surface area contributed by atoms with E-state index in [4.69, 9.17) is 11.6 Å². The summed E-state index contributed by atoms with van der Waals surface area (Å²) in [7, 11) is 0. The van der Waals surface area contributed by atoms with Crippen LogP contribution < -0.4 is 5.32 Å². The monoisotopic (exact) mass is 224 g/mol. The fourth-order valence-corrected chi connectivity index (χ4v) is 1.59. The van der Waals surface area contributed by atoms with Crippen LogP contribution in [0.15, 0.2) is 31.0 Å². The molecule has 0 saturated heterocycles. The Balaban J connectivity index is 2.69. The summed E-state index contributed by atoms with van der Waals surface area (Å²) >= 11 is 5.80. The van der Waals surface area contributed by atoms with Crippen LogP contribution in [0.4, 0.5) is 0 Å². The molecule has 0 aliphatic rings. The van der Waals surface area contributed by atoms with Gasteiger partial charge < -0.3 is 5.32 Å². The highest BCUT2D eigenvalue weighted by molar-refractivity contribution is 6.30. The number of halogens is 1. The van der Waals surface area contributed by atoms with Gasteiger partial charge in [-0.05, 0) is 31.5 Å². The SMILES string of the molecule is C=CCCC(NCC)c1ccc(Cl)cn1. The first-order valence-electron chi connectivity index (χ1n) is 5.23. The molecule has 1 aromatic heterocycles. The van der Waals surface area contributed by atoms with Crippen LogP contribution in [-0.2, 0) is 0 Å². The van der Waals surface area contributed by atoms with E-state index in [1.165, 1.54) is 0 Å². The van der Waals surface area contributed by atoms with E-state index in [0.717, 1.165) is 25.1 Å². The van der Waals surface area contributed by atoms with Crippen molar-refractivity contribution >= 4 is 11.6 Å². The lowest BCUT2D eigenvalue weighted by Crippen LogP contribution is -2.21. The molecule has 0 bridgehead atoms. The Morgan fingerprint density at radius 1 is 1.60 bits per heavy atom. The van der Waals surface area contributed by atoms with Crippen molar-refractivity contribution in [3.8, 4) is 0 Å². The predicted molar refractivity (Wildman–Crippen MR) is 65.1 cm³/mol. The number of aromatic nitrogens is 1. The molecular weight excluding hydrogens is 208 g/mol. The first-order chi connectivity index (χ1) is 7.27. The highest BCUT2D eigenvalue weighted by Gasteiger charge is 2.09. The van der Waals surface area contributed by atoms with Gasteiger partial charge in [0, 0.05) is 12.2 Å². The van der Waals surface area contributed by atoms with Crippen molar-refractivity contribution in [2.45, 2.75) is 25.8 Å². The third-order valence-corrected chi connectivity index (χ3v) is 2.44. The summed E-state index contributed by atoms with van der Waals surface area (Å²) in [5, 5.41) is 4.08. The fourth-order valence-electron chi connectivity index (χ4n) is 1.48. The van der Waals surface area contributed by atoms with E-state index < -0.39 is 0 Å². The van der Waals surface area contributed by atoms with Crippen LogP contribution in [0.25, 0.3) is 0 Å². The smallest absolute Gasteiger partial charge is 0.0589 e. The van der Waals surface area contributed by atoms with Crippen molar-refractivity contribution in [3.63, 3.8) is 0 Å². The summed E-state index contributed by atoms with van der Waals surface area (Å²) in [6.07, 6.45) is 5.63. The minimum Gasteiger partial charge on any atom is -0.309 e. The van der Waals surface area contributed by atoms with Gasteiger partial charge >= 0.3 is 0 Å². The zero-order valence-electron chi connectivity index (χ0n) is 9.04. The van der Waals surface area contributed by atoms with E-state index in [2.05, 4.69) is 23.8 Å². The van der Waals surface area contributed by atoms with Gasteiger partial charge in [0.05, 0.1) is 10.7 Å². The average molecular weight is 225 g/mol. The largest absolute Gasteiger partial charge is 0.309 e. The third-order valence-electron chi connectivity index (χ3n) is 2.22. The van der Waals surface area contributed by atoms with E-state index in [1.54, 1.807) is 6.20 Å². The van der Waals surface area contributed by atoms with Crippen molar-refractivity contribution in [1.82, 2.24) is 10.3 Å². The van der Waals surface area contributed by atoms with E-state index >= 15 is 0 Å². The van der Waals surface area contributed by atoms with E-state index in [9.17, 15) is 0 Å². The number of pyridine rings is 1. The van der Waals surface area contributed by atoms with Gasteiger partial charge in [0.25, 0.3) is 0 Å². The van der Waals surface area contributed by atoms with Crippen LogP contribution in [0.2, 0.25) is 5.02 Å². The van der Waals surface area contributed by atoms with Crippen LogP contribution >= 0.6 is 11.6 Å². The van der Waals surface area contributed by atoms with Gasteiger partial charge in [-0.3, -0.25) is 4.98 Å². The molecule has 1 heterocycles.